The van der Waals surface area contributed by atoms with Gasteiger partial charge in [0.1, 0.15) is 0 Å². The normalized spacial score (nSPS) is 10.9. The fraction of sp³-hybridized carbons (Fsp3) is 0.174. The molecule has 0 spiro atoms. The summed E-state index contributed by atoms with van der Waals surface area (Å²) in [7, 11) is 0. The van der Waals surface area contributed by atoms with E-state index in [9.17, 15) is 4.79 Å². The number of nitrogens with zero attached hydrogens (tertiary/aromatic N) is 3. The summed E-state index contributed by atoms with van der Waals surface area (Å²) in [4.78, 5) is 17.4. The summed E-state index contributed by atoms with van der Waals surface area (Å²) in [6.07, 6.45) is 0.237. The molecule has 4 aromatic rings. The highest BCUT2D eigenvalue weighted by Gasteiger charge is 2.18. The first-order chi connectivity index (χ1) is 14.4. The van der Waals surface area contributed by atoms with Crippen LogP contribution in [0.3, 0.4) is 0 Å². The SMILES string of the molecule is Cc1ccc(Cl)cc1NC(=O)Cc1c(C)nn(-c2nc(-c3ccccc3)cs2)c1C. The van der Waals surface area contributed by atoms with Crippen molar-refractivity contribution in [3.63, 3.8) is 0 Å². The zero-order valence-electron chi connectivity index (χ0n) is 16.9. The number of amides is 1. The fourth-order valence-corrected chi connectivity index (χ4v) is 4.31. The van der Waals surface area contributed by atoms with Crippen LogP contribution in [0, 0.1) is 20.8 Å². The average Bonchev–Trinajstić information content (AvgIpc) is 3.32. The van der Waals surface area contributed by atoms with Crippen LogP contribution in [0.25, 0.3) is 16.4 Å². The molecule has 0 fully saturated rings. The van der Waals surface area contributed by atoms with Gasteiger partial charge in [0.25, 0.3) is 0 Å². The number of thiazole rings is 1. The van der Waals surface area contributed by atoms with Gasteiger partial charge >= 0.3 is 0 Å². The first kappa shape index (κ1) is 20.3. The van der Waals surface area contributed by atoms with E-state index in [1.165, 1.54) is 11.3 Å². The van der Waals surface area contributed by atoms with E-state index in [1.807, 2.05) is 73.3 Å². The number of nitrogens with one attached hydrogen (secondary N) is 1. The standard InChI is InChI=1S/C23H21ClN4OS/c1-14-9-10-18(24)11-20(14)25-22(29)12-19-15(2)27-28(16(19)3)23-26-21(13-30-23)17-7-5-4-6-8-17/h4-11,13H,12H2,1-3H3,(H,25,29). The van der Waals surface area contributed by atoms with Crippen molar-refractivity contribution < 1.29 is 4.79 Å². The Balaban J connectivity index is 1.56. The average molecular weight is 437 g/mol. The second kappa shape index (κ2) is 8.42. The van der Waals surface area contributed by atoms with Gasteiger partial charge in [0.2, 0.25) is 11.0 Å². The van der Waals surface area contributed by atoms with E-state index in [4.69, 9.17) is 16.6 Å². The van der Waals surface area contributed by atoms with Crippen LogP contribution >= 0.6 is 22.9 Å². The number of halogens is 1. The molecule has 2 heterocycles. The van der Waals surface area contributed by atoms with E-state index < -0.39 is 0 Å². The molecule has 152 valence electrons. The van der Waals surface area contributed by atoms with Gasteiger partial charge in [-0.1, -0.05) is 48.0 Å². The molecule has 0 aliphatic rings. The third kappa shape index (κ3) is 4.15. The van der Waals surface area contributed by atoms with Crippen molar-refractivity contribution in [3.8, 4) is 16.4 Å². The summed E-state index contributed by atoms with van der Waals surface area (Å²) in [5.74, 6) is -0.102. The summed E-state index contributed by atoms with van der Waals surface area (Å²) in [5.41, 5.74) is 6.32. The molecule has 0 unspecified atom stereocenters. The molecule has 30 heavy (non-hydrogen) atoms. The molecule has 2 aromatic carbocycles. The Bertz CT molecular complexity index is 1210. The summed E-state index contributed by atoms with van der Waals surface area (Å²) in [6, 6.07) is 15.5. The third-order valence-corrected chi connectivity index (χ3v) is 6.05. The second-order valence-corrected chi connectivity index (χ2v) is 8.40. The minimum Gasteiger partial charge on any atom is -0.326 e. The number of aryl methyl sites for hydroxylation is 2. The van der Waals surface area contributed by atoms with Gasteiger partial charge in [0, 0.05) is 32.9 Å². The van der Waals surface area contributed by atoms with E-state index in [0.29, 0.717) is 5.02 Å². The molecule has 7 heteroatoms. The van der Waals surface area contributed by atoms with Crippen molar-refractivity contribution in [2.24, 2.45) is 0 Å². The fourth-order valence-electron chi connectivity index (χ4n) is 3.30. The van der Waals surface area contributed by atoms with Gasteiger partial charge in [-0.25, -0.2) is 9.67 Å². The van der Waals surface area contributed by atoms with Crippen LogP contribution in [0.2, 0.25) is 5.02 Å². The zero-order valence-corrected chi connectivity index (χ0v) is 18.5. The van der Waals surface area contributed by atoms with E-state index in [2.05, 4.69) is 10.4 Å². The molecule has 0 bridgehead atoms. The first-order valence-electron chi connectivity index (χ1n) is 9.55. The van der Waals surface area contributed by atoms with Crippen molar-refractivity contribution in [2.45, 2.75) is 27.2 Å². The highest BCUT2D eigenvalue weighted by Crippen LogP contribution is 2.27. The van der Waals surface area contributed by atoms with Crippen LogP contribution < -0.4 is 5.32 Å². The highest BCUT2D eigenvalue weighted by atomic mass is 35.5. The first-order valence-corrected chi connectivity index (χ1v) is 10.8. The second-order valence-electron chi connectivity index (χ2n) is 7.13. The predicted octanol–water partition coefficient (Wildman–Crippen LogP) is 5.76. The number of aromatic nitrogens is 3. The smallest absolute Gasteiger partial charge is 0.228 e. The Kier molecular flexibility index (Phi) is 5.70. The summed E-state index contributed by atoms with van der Waals surface area (Å²) in [6.45, 7) is 5.83. The van der Waals surface area contributed by atoms with Gasteiger partial charge in [0.15, 0.2) is 0 Å². The van der Waals surface area contributed by atoms with Gasteiger partial charge in [-0.15, -0.1) is 11.3 Å². The largest absolute Gasteiger partial charge is 0.326 e. The van der Waals surface area contributed by atoms with Crippen LogP contribution in [0.5, 0.6) is 0 Å². The van der Waals surface area contributed by atoms with Crippen molar-refractivity contribution in [2.75, 3.05) is 5.32 Å². The maximum absolute atomic E-state index is 12.7. The Morgan fingerprint density at radius 1 is 1.13 bits per heavy atom. The number of hydrogen-bond donors (Lipinski definition) is 1. The molecule has 5 nitrogen and oxygen atoms in total. The minimum absolute atomic E-state index is 0.102. The Labute approximate surface area is 184 Å². The van der Waals surface area contributed by atoms with Gasteiger partial charge in [-0.2, -0.15) is 5.10 Å². The monoisotopic (exact) mass is 436 g/mol. The Morgan fingerprint density at radius 2 is 1.90 bits per heavy atom. The molecule has 0 aliphatic heterocycles. The van der Waals surface area contributed by atoms with Gasteiger partial charge in [-0.05, 0) is 38.5 Å². The zero-order chi connectivity index (χ0) is 21.3. The lowest BCUT2D eigenvalue weighted by Gasteiger charge is -2.09. The quantitative estimate of drug-likeness (QED) is 0.433. The van der Waals surface area contributed by atoms with Crippen LogP contribution in [-0.2, 0) is 11.2 Å². The van der Waals surface area contributed by atoms with E-state index in [1.54, 1.807) is 6.07 Å². The Morgan fingerprint density at radius 3 is 2.67 bits per heavy atom. The number of anilines is 1. The van der Waals surface area contributed by atoms with E-state index >= 15 is 0 Å². The molecule has 0 radical (unpaired) electrons. The van der Waals surface area contributed by atoms with Crippen molar-refractivity contribution in [1.82, 2.24) is 14.8 Å². The molecule has 1 N–H and O–H groups in total. The van der Waals surface area contributed by atoms with Gasteiger partial charge in [-0.3, -0.25) is 4.79 Å². The topological polar surface area (TPSA) is 59.8 Å². The molecule has 0 saturated heterocycles. The molecule has 2 aromatic heterocycles. The molecule has 1 amide bonds. The number of rotatable bonds is 5. The highest BCUT2D eigenvalue weighted by molar-refractivity contribution is 7.12. The van der Waals surface area contributed by atoms with E-state index in [0.717, 1.165) is 44.6 Å². The van der Waals surface area contributed by atoms with Gasteiger partial charge in [0.05, 0.1) is 17.8 Å². The van der Waals surface area contributed by atoms with Crippen molar-refractivity contribution >= 4 is 34.5 Å². The van der Waals surface area contributed by atoms with E-state index in [-0.39, 0.29) is 12.3 Å². The number of hydrogen-bond acceptors (Lipinski definition) is 4. The Hall–Kier alpha value is -2.96. The molecule has 0 atom stereocenters. The summed E-state index contributed by atoms with van der Waals surface area (Å²) in [5, 5.41) is 11.0. The minimum atomic E-state index is -0.102. The summed E-state index contributed by atoms with van der Waals surface area (Å²) < 4.78 is 1.82. The molecule has 0 saturated carbocycles. The molecule has 4 rings (SSSR count). The van der Waals surface area contributed by atoms with Gasteiger partial charge < -0.3 is 5.32 Å². The molecular weight excluding hydrogens is 416 g/mol. The predicted molar refractivity (Wildman–Crippen MR) is 123 cm³/mol. The van der Waals surface area contributed by atoms with Crippen LogP contribution in [0.15, 0.2) is 53.9 Å². The lowest BCUT2D eigenvalue weighted by atomic mass is 10.1. The summed E-state index contributed by atoms with van der Waals surface area (Å²) >= 11 is 7.59. The number of benzene rings is 2. The molecule has 0 aliphatic carbocycles. The van der Waals surface area contributed by atoms with Crippen molar-refractivity contribution in [1.29, 1.82) is 0 Å². The maximum Gasteiger partial charge on any atom is 0.228 e. The lowest BCUT2D eigenvalue weighted by molar-refractivity contribution is -0.115. The van der Waals surface area contributed by atoms with Crippen LogP contribution in [0.4, 0.5) is 5.69 Å². The van der Waals surface area contributed by atoms with Crippen LogP contribution in [-0.4, -0.2) is 20.7 Å². The van der Waals surface area contributed by atoms with Crippen LogP contribution in [0.1, 0.15) is 22.5 Å². The van der Waals surface area contributed by atoms with Crippen molar-refractivity contribution in [3.05, 3.63) is 81.4 Å². The molecular formula is C23H21ClN4OS. The third-order valence-electron chi connectivity index (χ3n) is 5.00. The lowest BCUT2D eigenvalue weighted by Crippen LogP contribution is -2.16. The maximum atomic E-state index is 12.7. The number of carbonyl (C=O) groups is 1. The number of carbonyl (C=O) groups excluding carboxylic acids is 1.